The molecule has 0 spiro atoms. The molecule has 1 saturated carbocycles. The van der Waals surface area contributed by atoms with Gasteiger partial charge in [-0.15, -0.1) is 0 Å². The van der Waals surface area contributed by atoms with Gasteiger partial charge in [0.2, 0.25) is 0 Å². The fourth-order valence-corrected chi connectivity index (χ4v) is 2.41. The molecule has 1 aromatic heterocycles. The van der Waals surface area contributed by atoms with Crippen molar-refractivity contribution in [2.24, 2.45) is 0 Å². The Hall–Kier alpha value is -1.22. The van der Waals surface area contributed by atoms with Crippen LogP contribution in [0.5, 0.6) is 0 Å². The molecule has 0 amide bonds. The number of ketones is 1. The third-order valence-corrected chi connectivity index (χ3v) is 3.39. The molecule has 1 aromatic rings. The van der Waals surface area contributed by atoms with E-state index in [0.717, 1.165) is 25.7 Å². The van der Waals surface area contributed by atoms with E-state index >= 15 is 0 Å². The van der Waals surface area contributed by atoms with E-state index in [4.69, 9.17) is 4.74 Å². The van der Waals surface area contributed by atoms with E-state index in [9.17, 15) is 4.79 Å². The maximum absolute atomic E-state index is 12.4. The van der Waals surface area contributed by atoms with Gasteiger partial charge in [0.15, 0.2) is 5.78 Å². The van der Waals surface area contributed by atoms with Gasteiger partial charge in [0, 0.05) is 25.1 Å². The van der Waals surface area contributed by atoms with Gasteiger partial charge in [0.05, 0.1) is 0 Å². The normalized spacial score (nSPS) is 19.3. The molecule has 0 atom stereocenters. The van der Waals surface area contributed by atoms with Crippen molar-refractivity contribution in [3.63, 3.8) is 0 Å². The zero-order chi connectivity index (χ0) is 11.4. The first-order chi connectivity index (χ1) is 7.78. The molecular formula is C13H17NO2. The van der Waals surface area contributed by atoms with E-state index in [1.165, 1.54) is 6.42 Å². The molecule has 2 rings (SSSR count). The molecule has 1 fully saturated rings. The molecule has 0 aliphatic heterocycles. The van der Waals surface area contributed by atoms with Crippen LogP contribution in [0.25, 0.3) is 0 Å². The molecule has 1 aliphatic carbocycles. The molecule has 16 heavy (non-hydrogen) atoms. The molecule has 0 saturated heterocycles. The minimum absolute atomic E-state index is 0.0859. The van der Waals surface area contributed by atoms with Crippen LogP contribution in [0, 0.1) is 0 Å². The van der Waals surface area contributed by atoms with Crippen molar-refractivity contribution >= 4 is 5.78 Å². The lowest BCUT2D eigenvalue weighted by molar-refractivity contribution is -0.0194. The smallest absolute Gasteiger partial charge is 0.196 e. The highest BCUT2D eigenvalue weighted by atomic mass is 16.5. The maximum Gasteiger partial charge on any atom is 0.196 e. The van der Waals surface area contributed by atoms with Crippen LogP contribution in [-0.2, 0) is 4.74 Å². The highest BCUT2D eigenvalue weighted by Gasteiger charge is 2.39. The minimum Gasteiger partial charge on any atom is -0.370 e. The summed E-state index contributed by atoms with van der Waals surface area (Å²) < 4.78 is 5.52. The lowest BCUT2D eigenvalue weighted by Crippen LogP contribution is -2.42. The second-order valence-electron chi connectivity index (χ2n) is 4.33. The summed E-state index contributed by atoms with van der Waals surface area (Å²) >= 11 is 0. The molecule has 0 N–H and O–H groups in total. The summed E-state index contributed by atoms with van der Waals surface area (Å²) in [5.41, 5.74) is 0.0626. The lowest BCUT2D eigenvalue weighted by atomic mass is 9.79. The van der Waals surface area contributed by atoms with Crippen molar-refractivity contribution in [1.29, 1.82) is 0 Å². The average Bonchev–Trinajstić information content (AvgIpc) is 2.39. The van der Waals surface area contributed by atoms with Gasteiger partial charge in [-0.1, -0.05) is 19.3 Å². The maximum atomic E-state index is 12.4. The second kappa shape index (κ2) is 4.74. The number of hydrogen-bond donors (Lipinski definition) is 0. The van der Waals surface area contributed by atoms with Gasteiger partial charge in [-0.3, -0.25) is 9.78 Å². The standard InChI is InChI=1S/C13H17NO2/c1-16-13(7-3-2-4-8-13)12(15)11-6-5-9-14-10-11/h5-6,9-10H,2-4,7-8H2,1H3. The van der Waals surface area contributed by atoms with Crippen molar-refractivity contribution in [3.8, 4) is 0 Å². The van der Waals surface area contributed by atoms with Crippen LogP contribution >= 0.6 is 0 Å². The van der Waals surface area contributed by atoms with Crippen LogP contribution in [0.4, 0.5) is 0 Å². The third-order valence-electron chi connectivity index (χ3n) is 3.39. The number of pyridine rings is 1. The van der Waals surface area contributed by atoms with Crippen LogP contribution in [-0.4, -0.2) is 23.5 Å². The van der Waals surface area contributed by atoms with Crippen molar-refractivity contribution in [2.45, 2.75) is 37.7 Å². The topological polar surface area (TPSA) is 39.2 Å². The number of Topliss-reactive ketones (excluding diaryl/α,β-unsaturated/α-hetero) is 1. The van der Waals surface area contributed by atoms with Gasteiger partial charge in [-0.25, -0.2) is 0 Å². The van der Waals surface area contributed by atoms with E-state index in [-0.39, 0.29) is 5.78 Å². The van der Waals surface area contributed by atoms with E-state index in [1.54, 1.807) is 25.6 Å². The highest BCUT2D eigenvalue weighted by molar-refractivity contribution is 6.02. The average molecular weight is 219 g/mol. The molecule has 0 aromatic carbocycles. The molecule has 0 bridgehead atoms. The van der Waals surface area contributed by atoms with Crippen molar-refractivity contribution < 1.29 is 9.53 Å². The number of hydrogen-bond acceptors (Lipinski definition) is 3. The molecule has 1 aliphatic rings. The Bertz CT molecular complexity index is 355. The minimum atomic E-state index is -0.596. The fraction of sp³-hybridized carbons (Fsp3) is 0.538. The monoisotopic (exact) mass is 219 g/mol. The molecule has 86 valence electrons. The summed E-state index contributed by atoms with van der Waals surface area (Å²) in [4.78, 5) is 16.4. The van der Waals surface area contributed by atoms with Gasteiger partial charge in [0.25, 0.3) is 0 Å². The Morgan fingerprint density at radius 3 is 2.69 bits per heavy atom. The number of nitrogens with zero attached hydrogens (tertiary/aromatic N) is 1. The van der Waals surface area contributed by atoms with Crippen LogP contribution in [0.3, 0.4) is 0 Å². The van der Waals surface area contributed by atoms with Crippen molar-refractivity contribution in [1.82, 2.24) is 4.98 Å². The van der Waals surface area contributed by atoms with Crippen LogP contribution in [0.1, 0.15) is 42.5 Å². The third kappa shape index (κ3) is 2.00. The number of carbonyl (C=O) groups is 1. The van der Waals surface area contributed by atoms with E-state index in [2.05, 4.69) is 4.98 Å². The predicted molar refractivity (Wildman–Crippen MR) is 61.4 cm³/mol. The molecule has 1 heterocycles. The summed E-state index contributed by atoms with van der Waals surface area (Å²) in [5, 5.41) is 0. The largest absolute Gasteiger partial charge is 0.370 e. The van der Waals surface area contributed by atoms with Gasteiger partial charge < -0.3 is 4.74 Å². The Balaban J connectivity index is 2.24. The van der Waals surface area contributed by atoms with Crippen molar-refractivity contribution in [2.75, 3.05) is 7.11 Å². The quantitative estimate of drug-likeness (QED) is 0.733. The molecular weight excluding hydrogens is 202 g/mol. The first kappa shape index (κ1) is 11.3. The molecule has 3 heteroatoms. The highest BCUT2D eigenvalue weighted by Crippen LogP contribution is 2.33. The Morgan fingerprint density at radius 2 is 2.12 bits per heavy atom. The van der Waals surface area contributed by atoms with Crippen molar-refractivity contribution in [3.05, 3.63) is 30.1 Å². The molecule has 0 radical (unpaired) electrons. The Kier molecular flexibility index (Phi) is 3.34. The number of aromatic nitrogens is 1. The summed E-state index contributed by atoms with van der Waals surface area (Å²) in [7, 11) is 1.64. The zero-order valence-corrected chi connectivity index (χ0v) is 9.61. The van der Waals surface area contributed by atoms with Crippen LogP contribution in [0.15, 0.2) is 24.5 Å². The zero-order valence-electron chi connectivity index (χ0n) is 9.61. The Labute approximate surface area is 95.8 Å². The summed E-state index contributed by atoms with van der Waals surface area (Å²) in [5.74, 6) is 0.0859. The summed E-state index contributed by atoms with van der Waals surface area (Å²) in [6.07, 6.45) is 8.30. The van der Waals surface area contributed by atoms with Gasteiger partial charge in [-0.2, -0.15) is 0 Å². The number of ether oxygens (including phenoxy) is 1. The first-order valence-corrected chi connectivity index (χ1v) is 5.78. The Morgan fingerprint density at radius 1 is 1.38 bits per heavy atom. The number of carbonyl (C=O) groups excluding carboxylic acids is 1. The van der Waals surface area contributed by atoms with Crippen LogP contribution < -0.4 is 0 Å². The van der Waals surface area contributed by atoms with E-state index < -0.39 is 5.60 Å². The van der Waals surface area contributed by atoms with Gasteiger partial charge in [-0.05, 0) is 25.0 Å². The molecule has 0 unspecified atom stereocenters. The van der Waals surface area contributed by atoms with Gasteiger partial charge in [0.1, 0.15) is 5.60 Å². The molecule has 3 nitrogen and oxygen atoms in total. The fourth-order valence-electron chi connectivity index (χ4n) is 2.41. The second-order valence-corrected chi connectivity index (χ2v) is 4.33. The SMILES string of the molecule is COC1(C(=O)c2cccnc2)CCCCC1. The summed E-state index contributed by atoms with van der Waals surface area (Å²) in [6, 6.07) is 3.60. The van der Waals surface area contributed by atoms with Gasteiger partial charge >= 0.3 is 0 Å². The van der Waals surface area contributed by atoms with E-state index in [1.807, 2.05) is 6.07 Å². The number of rotatable bonds is 3. The lowest BCUT2D eigenvalue weighted by Gasteiger charge is -2.34. The summed E-state index contributed by atoms with van der Waals surface area (Å²) in [6.45, 7) is 0. The van der Waals surface area contributed by atoms with E-state index in [0.29, 0.717) is 5.56 Å². The van der Waals surface area contributed by atoms with Crippen LogP contribution in [0.2, 0.25) is 0 Å². The predicted octanol–water partition coefficient (Wildman–Crippen LogP) is 2.61. The number of methoxy groups -OCH3 is 1. The first-order valence-electron chi connectivity index (χ1n) is 5.78.